The summed E-state index contributed by atoms with van der Waals surface area (Å²) >= 11 is 0. The predicted molar refractivity (Wildman–Crippen MR) is 128 cm³/mol. The van der Waals surface area contributed by atoms with Gasteiger partial charge in [-0.2, -0.15) is 0 Å². The third-order valence-electron chi connectivity index (χ3n) is 7.78. The molecule has 0 saturated heterocycles. The SMILES string of the molecule is CN(C)C1CCC(/C=C/C2=CC(=C3C(=O)C4CCCCC4C3=O)C=C(C(C)(C)C)O2)CC1. The van der Waals surface area contributed by atoms with Crippen LogP contribution in [0.5, 0.6) is 0 Å². The van der Waals surface area contributed by atoms with E-state index in [1.54, 1.807) is 0 Å². The van der Waals surface area contributed by atoms with Gasteiger partial charge in [0.25, 0.3) is 0 Å². The molecular weight excluding hydrogens is 398 g/mol. The molecule has 4 rings (SSSR count). The van der Waals surface area contributed by atoms with Crippen molar-refractivity contribution in [3.63, 3.8) is 0 Å². The van der Waals surface area contributed by atoms with Crippen molar-refractivity contribution in [1.82, 2.24) is 4.90 Å². The van der Waals surface area contributed by atoms with Gasteiger partial charge in [0.15, 0.2) is 11.6 Å². The van der Waals surface area contributed by atoms with Gasteiger partial charge in [-0.05, 0) is 82.3 Å². The molecule has 0 aromatic heterocycles. The van der Waals surface area contributed by atoms with Crippen LogP contribution in [0.3, 0.4) is 0 Å². The number of ketones is 2. The number of rotatable bonds is 3. The van der Waals surface area contributed by atoms with E-state index in [2.05, 4.69) is 51.9 Å². The van der Waals surface area contributed by atoms with Crippen LogP contribution in [-0.4, -0.2) is 36.6 Å². The highest BCUT2D eigenvalue weighted by Crippen LogP contribution is 2.43. The Bertz CT molecular complexity index is 862. The first-order chi connectivity index (χ1) is 15.1. The second-order valence-corrected chi connectivity index (χ2v) is 11.4. The van der Waals surface area contributed by atoms with Crippen LogP contribution in [0, 0.1) is 23.2 Å². The number of carbonyl (C=O) groups is 2. The van der Waals surface area contributed by atoms with Crippen LogP contribution in [0.2, 0.25) is 0 Å². The van der Waals surface area contributed by atoms with E-state index in [9.17, 15) is 9.59 Å². The normalized spacial score (nSPS) is 31.7. The molecule has 3 saturated carbocycles. The van der Waals surface area contributed by atoms with E-state index in [1.165, 1.54) is 25.7 Å². The van der Waals surface area contributed by atoms with Gasteiger partial charge in [0, 0.05) is 23.3 Å². The molecule has 0 bridgehead atoms. The fraction of sp³-hybridized carbons (Fsp3) is 0.643. The Morgan fingerprint density at radius 2 is 1.50 bits per heavy atom. The standard InChI is InChI=1S/C28H39NO3/c1-28(2,3)24-17-19(25-26(30)22-8-6-7-9-23(22)27(25)31)16-21(32-24)15-12-18-10-13-20(14-11-18)29(4)5/h12,15-18,20,22-23H,6-11,13-14H2,1-5H3/b15-12+,25-19?. The zero-order valence-electron chi connectivity index (χ0n) is 20.4. The highest BCUT2D eigenvalue weighted by atomic mass is 16.5. The quantitative estimate of drug-likeness (QED) is 0.416. The molecule has 3 fully saturated rings. The molecule has 1 heterocycles. The fourth-order valence-corrected chi connectivity index (χ4v) is 5.69. The zero-order chi connectivity index (χ0) is 23.0. The molecule has 2 unspecified atom stereocenters. The number of allylic oxidation sites excluding steroid dienone is 7. The second kappa shape index (κ2) is 9.13. The van der Waals surface area contributed by atoms with E-state index < -0.39 is 0 Å². The largest absolute Gasteiger partial charge is 0.461 e. The first-order valence-corrected chi connectivity index (χ1v) is 12.4. The average molecular weight is 438 g/mol. The van der Waals surface area contributed by atoms with Crippen molar-refractivity contribution >= 4 is 11.6 Å². The molecule has 32 heavy (non-hydrogen) atoms. The van der Waals surface area contributed by atoms with Crippen molar-refractivity contribution in [2.24, 2.45) is 23.2 Å². The zero-order valence-corrected chi connectivity index (χ0v) is 20.4. The minimum atomic E-state index is -0.208. The number of ether oxygens (including phenoxy) is 1. The Kier molecular flexibility index (Phi) is 6.63. The van der Waals surface area contributed by atoms with E-state index >= 15 is 0 Å². The van der Waals surface area contributed by atoms with Gasteiger partial charge in [-0.1, -0.05) is 39.7 Å². The van der Waals surface area contributed by atoms with Crippen LogP contribution in [0.15, 0.2) is 47.0 Å². The summed E-state index contributed by atoms with van der Waals surface area (Å²) in [6, 6.07) is 0.680. The summed E-state index contributed by atoms with van der Waals surface area (Å²) in [4.78, 5) is 28.7. The lowest BCUT2D eigenvalue weighted by Gasteiger charge is -2.31. The molecule has 0 amide bonds. The minimum absolute atomic E-state index is 0.0581. The molecule has 4 nitrogen and oxygen atoms in total. The monoisotopic (exact) mass is 437 g/mol. The summed E-state index contributed by atoms with van der Waals surface area (Å²) in [5, 5.41) is 0. The molecular formula is C28H39NO3. The summed E-state index contributed by atoms with van der Waals surface area (Å²) in [6.07, 6.45) is 16.8. The van der Waals surface area contributed by atoms with E-state index in [0.717, 1.165) is 42.8 Å². The number of carbonyl (C=O) groups excluding carboxylic acids is 2. The van der Waals surface area contributed by atoms with E-state index in [1.807, 2.05) is 12.2 Å². The lowest BCUT2D eigenvalue weighted by atomic mass is 9.81. The van der Waals surface area contributed by atoms with Gasteiger partial charge in [0.2, 0.25) is 0 Å². The van der Waals surface area contributed by atoms with E-state index in [4.69, 9.17) is 4.74 Å². The van der Waals surface area contributed by atoms with Crippen LogP contribution >= 0.6 is 0 Å². The summed E-state index contributed by atoms with van der Waals surface area (Å²) in [5.74, 6) is 2.01. The maximum Gasteiger partial charge on any atom is 0.170 e. The van der Waals surface area contributed by atoms with Crippen LogP contribution in [-0.2, 0) is 14.3 Å². The molecule has 1 aliphatic heterocycles. The summed E-state index contributed by atoms with van der Waals surface area (Å²) in [7, 11) is 4.33. The van der Waals surface area contributed by atoms with Crippen LogP contribution in [0.1, 0.15) is 72.1 Å². The summed E-state index contributed by atoms with van der Waals surface area (Å²) in [6.45, 7) is 6.32. The number of hydrogen-bond donors (Lipinski definition) is 0. The molecule has 4 aliphatic rings. The van der Waals surface area contributed by atoms with Crippen LogP contribution in [0.4, 0.5) is 0 Å². The highest BCUT2D eigenvalue weighted by Gasteiger charge is 2.47. The predicted octanol–water partition coefficient (Wildman–Crippen LogP) is 5.76. The molecule has 174 valence electrons. The van der Waals surface area contributed by atoms with Crippen molar-refractivity contribution in [3.05, 3.63) is 47.0 Å². The molecule has 3 aliphatic carbocycles. The van der Waals surface area contributed by atoms with Gasteiger partial charge in [0.05, 0.1) is 5.57 Å². The highest BCUT2D eigenvalue weighted by molar-refractivity contribution is 6.28. The van der Waals surface area contributed by atoms with Crippen LogP contribution < -0.4 is 0 Å². The van der Waals surface area contributed by atoms with Gasteiger partial charge < -0.3 is 9.64 Å². The first-order valence-electron chi connectivity index (χ1n) is 12.4. The lowest BCUT2D eigenvalue weighted by Crippen LogP contribution is -2.31. The van der Waals surface area contributed by atoms with Crippen molar-refractivity contribution in [2.45, 2.75) is 78.2 Å². The third kappa shape index (κ3) is 4.71. The molecule has 0 aromatic carbocycles. The molecule has 0 aromatic rings. The van der Waals surface area contributed by atoms with E-state index in [0.29, 0.717) is 17.5 Å². The summed E-state index contributed by atoms with van der Waals surface area (Å²) < 4.78 is 6.25. The maximum atomic E-state index is 13.2. The Labute approximate surface area is 193 Å². The average Bonchev–Trinajstić information content (AvgIpc) is 3.02. The Morgan fingerprint density at radius 3 is 2.03 bits per heavy atom. The minimum Gasteiger partial charge on any atom is -0.461 e. The molecule has 0 radical (unpaired) electrons. The smallest absolute Gasteiger partial charge is 0.170 e. The van der Waals surface area contributed by atoms with Gasteiger partial charge in [-0.25, -0.2) is 0 Å². The Balaban J connectivity index is 1.61. The Hall–Kier alpha value is -1.94. The van der Waals surface area contributed by atoms with E-state index in [-0.39, 0.29) is 28.8 Å². The van der Waals surface area contributed by atoms with Gasteiger partial charge in [0.1, 0.15) is 11.5 Å². The lowest BCUT2D eigenvalue weighted by molar-refractivity contribution is -0.120. The maximum absolute atomic E-state index is 13.2. The molecule has 0 spiro atoms. The molecule has 4 heteroatoms. The number of nitrogens with zero attached hydrogens (tertiary/aromatic N) is 1. The van der Waals surface area contributed by atoms with Crippen molar-refractivity contribution < 1.29 is 14.3 Å². The molecule has 2 atom stereocenters. The molecule has 0 N–H and O–H groups in total. The van der Waals surface area contributed by atoms with Gasteiger partial charge in [-0.3, -0.25) is 9.59 Å². The van der Waals surface area contributed by atoms with Gasteiger partial charge in [-0.15, -0.1) is 0 Å². The van der Waals surface area contributed by atoms with Crippen LogP contribution in [0.25, 0.3) is 0 Å². The third-order valence-corrected chi connectivity index (χ3v) is 7.78. The fourth-order valence-electron chi connectivity index (χ4n) is 5.69. The van der Waals surface area contributed by atoms with Crippen molar-refractivity contribution in [3.8, 4) is 0 Å². The van der Waals surface area contributed by atoms with Crippen molar-refractivity contribution in [1.29, 1.82) is 0 Å². The van der Waals surface area contributed by atoms with Gasteiger partial charge >= 0.3 is 0 Å². The summed E-state index contributed by atoms with van der Waals surface area (Å²) in [5.41, 5.74) is 0.964. The second-order valence-electron chi connectivity index (χ2n) is 11.4. The number of fused-ring (bicyclic) bond motifs is 1. The number of Topliss-reactive ketones (excluding diaryl/α,β-unsaturated/α-hetero) is 2. The first kappa shape index (κ1) is 23.2. The number of hydrogen-bond acceptors (Lipinski definition) is 4. The van der Waals surface area contributed by atoms with Crippen molar-refractivity contribution in [2.75, 3.05) is 14.1 Å². The topological polar surface area (TPSA) is 46.6 Å². The Morgan fingerprint density at radius 1 is 0.906 bits per heavy atom.